The molecule has 10 nitrogen and oxygen atoms in total. The number of ether oxygens (including phenoxy) is 1. The Kier molecular flexibility index (Phi) is 8.50. The molecule has 200 valence electrons. The monoisotopic (exact) mass is 529 g/mol. The molecule has 1 N–H and O–H groups in total. The predicted molar refractivity (Wildman–Crippen MR) is 136 cm³/mol. The number of halogens is 3. The van der Waals surface area contributed by atoms with E-state index in [1.807, 2.05) is 0 Å². The Morgan fingerprint density at radius 2 is 1.89 bits per heavy atom. The Balaban J connectivity index is 2.10. The van der Waals surface area contributed by atoms with Crippen molar-refractivity contribution in [2.24, 2.45) is 5.10 Å². The van der Waals surface area contributed by atoms with E-state index in [0.29, 0.717) is 33.6 Å². The number of pyridine rings is 1. The average molecular weight is 530 g/mol. The Labute approximate surface area is 216 Å². The van der Waals surface area contributed by atoms with Crippen LogP contribution in [-0.2, 0) is 16.1 Å². The molecule has 0 aliphatic rings. The van der Waals surface area contributed by atoms with Gasteiger partial charge in [0.25, 0.3) is 0 Å². The van der Waals surface area contributed by atoms with Crippen LogP contribution in [0.3, 0.4) is 0 Å². The fraction of sp³-hybridized carbons (Fsp3) is 0.240. The number of hydrazone groups is 1. The number of nitrogens with zero attached hydrogens (tertiary/aromatic N) is 6. The van der Waals surface area contributed by atoms with Crippen molar-refractivity contribution in [2.75, 3.05) is 20.6 Å². The van der Waals surface area contributed by atoms with E-state index in [1.54, 1.807) is 39.5 Å². The van der Waals surface area contributed by atoms with E-state index >= 15 is 0 Å². The van der Waals surface area contributed by atoms with Crippen LogP contribution < -0.4 is 10.1 Å². The number of benzene rings is 1. The molecule has 3 aromatic rings. The molecule has 13 heteroatoms. The average Bonchev–Trinajstić information content (AvgIpc) is 3.24. The van der Waals surface area contributed by atoms with Crippen molar-refractivity contribution in [2.45, 2.75) is 19.8 Å². The second kappa shape index (κ2) is 11.6. The van der Waals surface area contributed by atoms with Gasteiger partial charge in [0.15, 0.2) is 5.65 Å². The van der Waals surface area contributed by atoms with Gasteiger partial charge in [-0.05, 0) is 54.5 Å². The minimum absolute atomic E-state index is 0.0259. The van der Waals surface area contributed by atoms with Crippen LogP contribution in [0.25, 0.3) is 22.3 Å². The van der Waals surface area contributed by atoms with Crippen molar-refractivity contribution in [3.8, 4) is 11.4 Å². The number of allylic oxidation sites excluding steroid dienone is 1. The highest BCUT2D eigenvalue weighted by Gasteiger charge is 2.31. The number of likely N-dealkylation sites (N-methyl/N-ethyl adjacent to an activating group) is 1. The summed E-state index contributed by atoms with van der Waals surface area (Å²) in [6.45, 7) is 8.77. The summed E-state index contributed by atoms with van der Waals surface area (Å²) in [6, 6.07) is 6.90. The second-order valence-electron chi connectivity index (χ2n) is 8.22. The summed E-state index contributed by atoms with van der Waals surface area (Å²) in [4.78, 5) is 29.9. The van der Waals surface area contributed by atoms with Gasteiger partial charge in [-0.25, -0.2) is 9.67 Å². The maximum atomic E-state index is 12.6. The normalized spacial score (nSPS) is 11.7. The van der Waals surface area contributed by atoms with Gasteiger partial charge >= 0.3 is 6.36 Å². The molecule has 0 radical (unpaired) electrons. The van der Waals surface area contributed by atoms with Gasteiger partial charge in [-0.15, -0.1) is 13.2 Å². The third kappa shape index (κ3) is 6.75. The van der Waals surface area contributed by atoms with Crippen LogP contribution in [-0.4, -0.2) is 70.2 Å². The Morgan fingerprint density at radius 1 is 1.21 bits per heavy atom. The first kappa shape index (κ1) is 27.9. The lowest BCUT2D eigenvalue weighted by Crippen LogP contribution is -2.31. The number of hydrogen-bond donors (Lipinski definition) is 1. The molecule has 38 heavy (non-hydrogen) atoms. The molecule has 2 aromatic heterocycles. The number of carbonyl (C=O) groups excluding carboxylic acids is 2. The van der Waals surface area contributed by atoms with E-state index in [9.17, 15) is 22.8 Å². The maximum Gasteiger partial charge on any atom is 0.573 e. The van der Waals surface area contributed by atoms with Crippen LogP contribution in [0.15, 0.2) is 60.5 Å². The minimum atomic E-state index is -4.82. The molecule has 2 amide bonds. The van der Waals surface area contributed by atoms with Gasteiger partial charge in [-0.1, -0.05) is 6.58 Å². The summed E-state index contributed by atoms with van der Waals surface area (Å²) in [7, 11) is 3.26. The number of nitrogens with one attached hydrogen (secondary N) is 1. The van der Waals surface area contributed by atoms with Gasteiger partial charge in [0.2, 0.25) is 11.8 Å². The molecule has 0 atom stereocenters. The van der Waals surface area contributed by atoms with Gasteiger partial charge in [0.1, 0.15) is 12.3 Å². The van der Waals surface area contributed by atoms with Crippen molar-refractivity contribution in [1.82, 2.24) is 30.0 Å². The van der Waals surface area contributed by atoms with Crippen molar-refractivity contribution < 1.29 is 27.5 Å². The highest BCUT2D eigenvalue weighted by Crippen LogP contribution is 2.30. The van der Waals surface area contributed by atoms with E-state index in [2.05, 4.69) is 38.5 Å². The van der Waals surface area contributed by atoms with E-state index in [1.165, 1.54) is 38.9 Å². The topological polar surface area (TPSA) is 105 Å². The first-order valence-electron chi connectivity index (χ1n) is 11.2. The molecule has 0 spiro atoms. The highest BCUT2D eigenvalue weighted by molar-refractivity contribution is 5.93. The third-order valence-corrected chi connectivity index (χ3v) is 5.32. The number of aromatic nitrogens is 3. The molecule has 0 unspecified atom stereocenters. The third-order valence-electron chi connectivity index (χ3n) is 5.32. The molecule has 1 aromatic carbocycles. The molecule has 0 fully saturated rings. The number of alkyl halides is 3. The minimum Gasteiger partial charge on any atom is -0.406 e. The largest absolute Gasteiger partial charge is 0.573 e. The van der Waals surface area contributed by atoms with Crippen LogP contribution in [0.1, 0.15) is 18.2 Å². The lowest BCUT2D eigenvalue weighted by Gasteiger charge is -2.18. The maximum absolute atomic E-state index is 12.6. The molecular weight excluding hydrogens is 503 g/mol. The second-order valence-corrected chi connectivity index (χ2v) is 8.22. The van der Waals surface area contributed by atoms with Crippen molar-refractivity contribution in [3.63, 3.8) is 0 Å². The summed E-state index contributed by atoms with van der Waals surface area (Å²) >= 11 is 0. The van der Waals surface area contributed by atoms with Gasteiger partial charge in [-0.3, -0.25) is 14.6 Å². The quantitative estimate of drug-likeness (QED) is 0.245. The van der Waals surface area contributed by atoms with Crippen LogP contribution in [0, 0.1) is 0 Å². The summed E-state index contributed by atoms with van der Waals surface area (Å²) < 4.78 is 43.1. The van der Waals surface area contributed by atoms with Crippen molar-refractivity contribution in [3.05, 3.63) is 66.6 Å². The first-order chi connectivity index (χ1) is 17.9. The van der Waals surface area contributed by atoms with Gasteiger partial charge < -0.3 is 15.0 Å². The van der Waals surface area contributed by atoms with E-state index in [0.717, 1.165) is 6.08 Å². The highest BCUT2D eigenvalue weighted by atomic mass is 19.4. The van der Waals surface area contributed by atoms with Crippen molar-refractivity contribution >= 4 is 35.1 Å². The fourth-order valence-corrected chi connectivity index (χ4v) is 3.49. The lowest BCUT2D eigenvalue weighted by molar-refractivity contribution is -0.274. The molecule has 0 aliphatic heterocycles. The van der Waals surface area contributed by atoms with Crippen LogP contribution in [0.2, 0.25) is 0 Å². The van der Waals surface area contributed by atoms with Gasteiger partial charge in [-0.2, -0.15) is 10.2 Å². The molecular formula is C25H26F3N7O3. The summed E-state index contributed by atoms with van der Waals surface area (Å²) in [5, 5.41) is 13.2. The summed E-state index contributed by atoms with van der Waals surface area (Å²) in [5.41, 5.74) is 2.64. The number of hydrogen-bond acceptors (Lipinski definition) is 7. The van der Waals surface area contributed by atoms with Gasteiger partial charge in [0.05, 0.1) is 23.3 Å². The molecule has 0 aliphatic carbocycles. The Morgan fingerprint density at radius 3 is 2.47 bits per heavy atom. The van der Waals surface area contributed by atoms with Crippen LogP contribution in [0.5, 0.6) is 5.75 Å². The lowest BCUT2D eigenvalue weighted by atomic mass is 10.0. The standard InChI is InChI=1S/C25H26F3N7O3/c1-6-21(36)31-13-20-23-19(16(2)14-34(29-3)15-22(37)33(4)5)11-12-30-24(23)35(32-20)17-7-9-18(10-8-17)38-25(26,27)28/h6-12,14H,1,3,13,15H2,2,4-5H3,(H,31,36)/b16-14+. The zero-order valence-corrected chi connectivity index (χ0v) is 21.0. The number of amides is 2. The van der Waals surface area contributed by atoms with Gasteiger partial charge in [0, 0.05) is 33.2 Å². The smallest absolute Gasteiger partial charge is 0.406 e. The van der Waals surface area contributed by atoms with E-state index in [4.69, 9.17) is 0 Å². The first-order valence-corrected chi connectivity index (χ1v) is 11.2. The fourth-order valence-electron chi connectivity index (χ4n) is 3.49. The SMILES string of the molecule is C=CC(=O)NCc1nn(-c2ccc(OC(F)(F)F)cc2)c2nccc(/C(C)=C/N(CC(=O)N(C)C)N=C)c12. The predicted octanol–water partition coefficient (Wildman–Crippen LogP) is 3.49. The zero-order valence-electron chi connectivity index (χ0n) is 21.0. The van der Waals surface area contributed by atoms with E-state index in [-0.39, 0.29) is 24.7 Å². The molecule has 0 saturated carbocycles. The molecule has 3 rings (SSSR count). The number of carbonyl (C=O) groups is 2. The van der Waals surface area contributed by atoms with E-state index < -0.39 is 12.3 Å². The van der Waals surface area contributed by atoms with Crippen LogP contribution >= 0.6 is 0 Å². The molecule has 2 heterocycles. The van der Waals surface area contributed by atoms with Crippen LogP contribution in [0.4, 0.5) is 13.2 Å². The Bertz CT molecular complexity index is 1380. The number of rotatable bonds is 10. The molecule has 0 saturated heterocycles. The molecule has 0 bridgehead atoms. The summed E-state index contributed by atoms with van der Waals surface area (Å²) in [5.74, 6) is -0.976. The Hall–Kier alpha value is -4.68. The van der Waals surface area contributed by atoms with Crippen molar-refractivity contribution in [1.29, 1.82) is 0 Å². The number of fused-ring (bicyclic) bond motifs is 1. The summed E-state index contributed by atoms with van der Waals surface area (Å²) in [6.07, 6.45) is -0.493. The zero-order chi connectivity index (χ0) is 28.0.